The maximum absolute atomic E-state index is 5.62. The molecule has 1 aliphatic rings. The fourth-order valence-corrected chi connectivity index (χ4v) is 1.48. The third-order valence-electron chi connectivity index (χ3n) is 1.79. The molecule has 0 aromatic heterocycles. The van der Waals surface area contributed by atoms with E-state index in [-0.39, 0.29) is 0 Å². The SMILES string of the molecule is CC1CN(N)C=N[N+](C)(C)C1. The van der Waals surface area contributed by atoms with Crippen LogP contribution in [0.5, 0.6) is 0 Å². The predicted molar refractivity (Wildman–Crippen MR) is 45.5 cm³/mol. The van der Waals surface area contributed by atoms with Crippen LogP contribution >= 0.6 is 0 Å². The summed E-state index contributed by atoms with van der Waals surface area (Å²) in [7, 11) is 4.15. The molecule has 4 nitrogen and oxygen atoms in total. The van der Waals surface area contributed by atoms with E-state index in [0.29, 0.717) is 10.5 Å². The number of quaternary nitrogens is 1. The molecule has 1 aliphatic heterocycles. The van der Waals surface area contributed by atoms with E-state index in [9.17, 15) is 0 Å². The molecule has 1 rings (SSSR count). The predicted octanol–water partition coefficient (Wildman–Crippen LogP) is -0.168. The summed E-state index contributed by atoms with van der Waals surface area (Å²) in [4.78, 5) is 0. The zero-order valence-corrected chi connectivity index (χ0v) is 7.49. The molecule has 0 saturated heterocycles. The highest BCUT2D eigenvalue weighted by Gasteiger charge is 2.22. The second kappa shape index (κ2) is 2.79. The molecule has 64 valence electrons. The fourth-order valence-electron chi connectivity index (χ4n) is 1.48. The number of rotatable bonds is 0. The number of nitrogens with zero attached hydrogens (tertiary/aromatic N) is 3. The monoisotopic (exact) mass is 157 g/mol. The van der Waals surface area contributed by atoms with Crippen molar-refractivity contribution in [3.63, 3.8) is 0 Å². The van der Waals surface area contributed by atoms with Gasteiger partial charge in [-0.05, 0) is 0 Å². The topological polar surface area (TPSA) is 41.6 Å². The van der Waals surface area contributed by atoms with Crippen LogP contribution in [0.2, 0.25) is 0 Å². The highest BCUT2D eigenvalue weighted by atomic mass is 15.6. The van der Waals surface area contributed by atoms with Crippen LogP contribution in [0.3, 0.4) is 0 Å². The average molecular weight is 157 g/mol. The van der Waals surface area contributed by atoms with Crippen LogP contribution in [0.4, 0.5) is 0 Å². The van der Waals surface area contributed by atoms with Crippen LogP contribution in [0.15, 0.2) is 5.10 Å². The van der Waals surface area contributed by atoms with Crippen molar-refractivity contribution in [3.8, 4) is 0 Å². The van der Waals surface area contributed by atoms with E-state index in [0.717, 1.165) is 13.1 Å². The Morgan fingerprint density at radius 1 is 1.64 bits per heavy atom. The quantitative estimate of drug-likeness (QED) is 0.392. The van der Waals surface area contributed by atoms with Crippen LogP contribution in [0, 0.1) is 5.92 Å². The first-order valence-corrected chi connectivity index (χ1v) is 3.90. The van der Waals surface area contributed by atoms with Crippen molar-refractivity contribution in [1.29, 1.82) is 0 Å². The van der Waals surface area contributed by atoms with E-state index in [1.807, 2.05) is 0 Å². The molecule has 0 amide bonds. The van der Waals surface area contributed by atoms with Crippen LogP contribution in [-0.2, 0) is 0 Å². The number of hydrazine groups is 1. The molecule has 1 unspecified atom stereocenters. The Labute approximate surface area is 67.8 Å². The summed E-state index contributed by atoms with van der Waals surface area (Å²) in [5, 5.41) is 5.95. The molecule has 1 heterocycles. The molecule has 0 aliphatic carbocycles. The van der Waals surface area contributed by atoms with Crippen molar-refractivity contribution in [3.05, 3.63) is 0 Å². The van der Waals surface area contributed by atoms with Gasteiger partial charge in [-0.2, -0.15) is 0 Å². The maximum atomic E-state index is 5.62. The first-order valence-electron chi connectivity index (χ1n) is 3.90. The highest BCUT2D eigenvalue weighted by Crippen LogP contribution is 2.09. The van der Waals surface area contributed by atoms with Crippen LogP contribution < -0.4 is 5.84 Å². The second-order valence-corrected chi connectivity index (χ2v) is 3.84. The minimum Gasteiger partial charge on any atom is -0.296 e. The zero-order valence-electron chi connectivity index (χ0n) is 7.49. The van der Waals surface area contributed by atoms with E-state index in [2.05, 4.69) is 26.1 Å². The fraction of sp³-hybridized carbons (Fsp3) is 0.857. The Morgan fingerprint density at radius 3 is 2.91 bits per heavy atom. The van der Waals surface area contributed by atoms with Gasteiger partial charge in [0, 0.05) is 12.5 Å². The summed E-state index contributed by atoms with van der Waals surface area (Å²) < 4.78 is 0.675. The van der Waals surface area contributed by atoms with E-state index >= 15 is 0 Å². The number of hydrogen-bond acceptors (Lipinski definition) is 3. The van der Waals surface area contributed by atoms with Crippen molar-refractivity contribution in [1.82, 2.24) is 5.01 Å². The molecule has 4 heteroatoms. The minimum absolute atomic E-state index is 0.595. The summed E-state index contributed by atoms with van der Waals surface area (Å²) >= 11 is 0. The lowest BCUT2D eigenvalue weighted by Crippen LogP contribution is -2.37. The summed E-state index contributed by atoms with van der Waals surface area (Å²) in [5.74, 6) is 6.22. The smallest absolute Gasteiger partial charge is 0.161 e. The Morgan fingerprint density at radius 2 is 2.27 bits per heavy atom. The van der Waals surface area contributed by atoms with Gasteiger partial charge in [0.2, 0.25) is 0 Å². The van der Waals surface area contributed by atoms with Gasteiger partial charge in [-0.3, -0.25) is 5.01 Å². The average Bonchev–Trinajstić information content (AvgIpc) is 1.90. The van der Waals surface area contributed by atoms with Gasteiger partial charge in [-0.25, -0.2) is 10.4 Å². The normalized spacial score (nSPS) is 30.2. The van der Waals surface area contributed by atoms with E-state index in [4.69, 9.17) is 5.84 Å². The molecule has 11 heavy (non-hydrogen) atoms. The first kappa shape index (κ1) is 8.49. The summed E-state index contributed by atoms with van der Waals surface area (Å²) in [6, 6.07) is 0. The van der Waals surface area contributed by atoms with Crippen LogP contribution in [0.1, 0.15) is 6.92 Å². The van der Waals surface area contributed by atoms with Crippen molar-refractivity contribution >= 4 is 6.34 Å². The van der Waals surface area contributed by atoms with Crippen LogP contribution in [0.25, 0.3) is 0 Å². The van der Waals surface area contributed by atoms with E-state index in [1.165, 1.54) is 0 Å². The molecule has 0 radical (unpaired) electrons. The van der Waals surface area contributed by atoms with Gasteiger partial charge >= 0.3 is 0 Å². The van der Waals surface area contributed by atoms with Gasteiger partial charge in [0.1, 0.15) is 6.54 Å². The largest absolute Gasteiger partial charge is 0.296 e. The number of nitrogens with two attached hydrogens (primary N) is 1. The Hall–Kier alpha value is -0.610. The van der Waals surface area contributed by atoms with Gasteiger partial charge in [0.15, 0.2) is 6.34 Å². The number of hydrogen-bond donors (Lipinski definition) is 1. The molecule has 0 aromatic rings. The Balaban J connectivity index is 2.68. The lowest BCUT2D eigenvalue weighted by Gasteiger charge is -2.22. The van der Waals surface area contributed by atoms with Crippen molar-refractivity contribution in [2.75, 3.05) is 27.2 Å². The standard InChI is InChI=1S/C7H17N4/c1-7-4-10(8)6-9-11(2,3)5-7/h6-7H,4-5,8H2,1-3H3/q+1. The molecular formula is C7H17N4+. The summed E-state index contributed by atoms with van der Waals surface area (Å²) in [5.41, 5.74) is 0. The molecule has 0 saturated carbocycles. The Bertz CT molecular complexity index is 164. The lowest BCUT2D eigenvalue weighted by atomic mass is 10.2. The first-order chi connectivity index (χ1) is 4.99. The van der Waals surface area contributed by atoms with Crippen LogP contribution in [-0.4, -0.2) is 43.1 Å². The highest BCUT2D eigenvalue weighted by molar-refractivity contribution is 5.53. The Kier molecular flexibility index (Phi) is 2.15. The van der Waals surface area contributed by atoms with Crippen molar-refractivity contribution in [2.45, 2.75) is 6.92 Å². The van der Waals surface area contributed by atoms with E-state index < -0.39 is 0 Å². The van der Waals surface area contributed by atoms with Gasteiger partial charge in [-0.1, -0.05) is 12.0 Å². The zero-order chi connectivity index (χ0) is 8.48. The van der Waals surface area contributed by atoms with Gasteiger partial charge in [-0.15, -0.1) is 0 Å². The lowest BCUT2D eigenvalue weighted by molar-refractivity contribution is -0.899. The molecular weight excluding hydrogens is 140 g/mol. The van der Waals surface area contributed by atoms with Crippen molar-refractivity contribution in [2.24, 2.45) is 16.9 Å². The maximum Gasteiger partial charge on any atom is 0.161 e. The van der Waals surface area contributed by atoms with Gasteiger partial charge < -0.3 is 0 Å². The molecule has 0 aromatic carbocycles. The minimum atomic E-state index is 0.595. The summed E-state index contributed by atoms with van der Waals surface area (Å²) in [6.45, 7) is 4.13. The third-order valence-corrected chi connectivity index (χ3v) is 1.79. The third kappa shape index (κ3) is 2.48. The van der Waals surface area contributed by atoms with E-state index in [1.54, 1.807) is 11.3 Å². The molecule has 1 atom stereocenters. The molecule has 2 N–H and O–H groups in total. The second-order valence-electron chi connectivity index (χ2n) is 3.84. The van der Waals surface area contributed by atoms with Gasteiger partial charge in [0.05, 0.1) is 14.1 Å². The molecule has 0 fully saturated rings. The van der Waals surface area contributed by atoms with Gasteiger partial charge in [0.25, 0.3) is 0 Å². The van der Waals surface area contributed by atoms with Crippen molar-refractivity contribution < 1.29 is 4.59 Å². The molecule has 0 bridgehead atoms. The molecule has 0 spiro atoms. The summed E-state index contributed by atoms with van der Waals surface area (Å²) in [6.07, 6.45) is 1.71.